The molecule has 2 N–H and O–H groups in total. The highest BCUT2D eigenvalue weighted by molar-refractivity contribution is 7.13. The molecule has 2 aromatic heterocycles. The second kappa shape index (κ2) is 5.52. The molecule has 2 aromatic rings. The van der Waals surface area contributed by atoms with Crippen LogP contribution in [0.1, 0.15) is 36.2 Å². The summed E-state index contributed by atoms with van der Waals surface area (Å²) in [5, 5.41) is 12.3. The number of aromatic amines is 1. The first-order valence-electron chi connectivity index (χ1n) is 7.75. The highest BCUT2D eigenvalue weighted by atomic mass is 32.1. The molecule has 1 amide bonds. The first kappa shape index (κ1) is 14.0. The lowest BCUT2D eigenvalue weighted by Crippen LogP contribution is -2.57. The Balaban J connectivity index is 1.44. The van der Waals surface area contributed by atoms with Gasteiger partial charge in [-0.3, -0.25) is 9.89 Å². The highest BCUT2D eigenvalue weighted by Crippen LogP contribution is 2.48. The second-order valence-electron chi connectivity index (χ2n) is 6.18. The van der Waals surface area contributed by atoms with E-state index in [1.165, 1.54) is 6.42 Å². The molecule has 1 saturated heterocycles. The van der Waals surface area contributed by atoms with E-state index in [0.29, 0.717) is 5.69 Å². The maximum Gasteiger partial charge on any atom is 0.272 e. The highest BCUT2D eigenvalue weighted by Gasteiger charge is 2.48. The zero-order chi connectivity index (χ0) is 15.0. The first-order valence-corrected chi connectivity index (χ1v) is 8.63. The van der Waals surface area contributed by atoms with E-state index >= 15 is 0 Å². The van der Waals surface area contributed by atoms with Crippen LogP contribution in [0.2, 0.25) is 0 Å². The molecule has 0 aromatic carbocycles. The van der Waals surface area contributed by atoms with Gasteiger partial charge in [0.2, 0.25) is 0 Å². The van der Waals surface area contributed by atoms with Crippen LogP contribution in [0.15, 0.2) is 23.6 Å². The molecule has 6 heteroatoms. The zero-order valence-corrected chi connectivity index (χ0v) is 13.1. The summed E-state index contributed by atoms with van der Waals surface area (Å²) in [6, 6.07) is 6.11. The molecule has 0 radical (unpaired) electrons. The van der Waals surface area contributed by atoms with Gasteiger partial charge < -0.3 is 10.1 Å². The number of carbonyl (C=O) groups is 1. The van der Waals surface area contributed by atoms with Crippen molar-refractivity contribution >= 4 is 17.2 Å². The minimum absolute atomic E-state index is 0.0744. The fourth-order valence-corrected chi connectivity index (χ4v) is 4.22. The summed E-state index contributed by atoms with van der Waals surface area (Å²) in [5.41, 5.74) is 1.63. The summed E-state index contributed by atoms with van der Waals surface area (Å²) in [4.78, 5) is 13.5. The SMILES string of the molecule is O=C(NC1CCC12CCOCC2)c1cc(-c2cccs2)[nH]n1. The van der Waals surface area contributed by atoms with E-state index < -0.39 is 0 Å². The molecule has 4 rings (SSSR count). The lowest BCUT2D eigenvalue weighted by atomic mass is 9.60. The van der Waals surface area contributed by atoms with Crippen LogP contribution in [0.5, 0.6) is 0 Å². The molecule has 5 nitrogen and oxygen atoms in total. The number of amides is 1. The molecule has 3 heterocycles. The predicted molar refractivity (Wildman–Crippen MR) is 84.9 cm³/mol. The van der Waals surface area contributed by atoms with Gasteiger partial charge >= 0.3 is 0 Å². The van der Waals surface area contributed by atoms with Gasteiger partial charge in [0.05, 0.1) is 10.6 Å². The molecule has 1 aliphatic heterocycles. The topological polar surface area (TPSA) is 67.0 Å². The Bertz CT molecular complexity index is 659. The average Bonchev–Trinajstić information content (AvgIpc) is 3.22. The zero-order valence-electron chi connectivity index (χ0n) is 12.3. The number of rotatable bonds is 3. The summed E-state index contributed by atoms with van der Waals surface area (Å²) in [6.07, 6.45) is 4.37. The van der Waals surface area contributed by atoms with Crippen LogP contribution in [0, 0.1) is 5.41 Å². The number of hydrogen-bond acceptors (Lipinski definition) is 4. The molecular weight excluding hydrogens is 298 g/mol. The third-order valence-corrected chi connectivity index (χ3v) is 5.96. The van der Waals surface area contributed by atoms with Crippen LogP contribution in [-0.2, 0) is 4.74 Å². The van der Waals surface area contributed by atoms with Gasteiger partial charge in [-0.15, -0.1) is 11.3 Å². The smallest absolute Gasteiger partial charge is 0.272 e. The molecule has 22 heavy (non-hydrogen) atoms. The van der Waals surface area contributed by atoms with E-state index in [0.717, 1.165) is 43.0 Å². The Morgan fingerprint density at radius 3 is 2.95 bits per heavy atom. The van der Waals surface area contributed by atoms with Crippen LogP contribution >= 0.6 is 11.3 Å². The quantitative estimate of drug-likeness (QED) is 0.915. The van der Waals surface area contributed by atoms with E-state index in [1.54, 1.807) is 11.3 Å². The number of aromatic nitrogens is 2. The Hall–Kier alpha value is -1.66. The van der Waals surface area contributed by atoms with Gasteiger partial charge in [0, 0.05) is 19.3 Å². The summed E-state index contributed by atoms with van der Waals surface area (Å²) in [7, 11) is 0. The van der Waals surface area contributed by atoms with Crippen molar-refractivity contribution in [1.82, 2.24) is 15.5 Å². The fourth-order valence-electron chi connectivity index (χ4n) is 3.53. The maximum atomic E-state index is 12.4. The lowest BCUT2D eigenvalue weighted by Gasteiger charge is -2.52. The molecular formula is C16H19N3O2S. The number of carbonyl (C=O) groups excluding carboxylic acids is 1. The van der Waals surface area contributed by atoms with E-state index in [1.807, 2.05) is 23.6 Å². The summed E-state index contributed by atoms with van der Waals surface area (Å²) >= 11 is 1.63. The minimum atomic E-state index is -0.0744. The number of nitrogens with one attached hydrogen (secondary N) is 2. The van der Waals surface area contributed by atoms with Crippen LogP contribution in [0.25, 0.3) is 10.6 Å². The third kappa shape index (κ3) is 2.36. The molecule has 2 aliphatic rings. The van der Waals surface area contributed by atoms with Gasteiger partial charge in [-0.05, 0) is 48.6 Å². The number of hydrogen-bond donors (Lipinski definition) is 2. The van der Waals surface area contributed by atoms with Gasteiger partial charge in [0.25, 0.3) is 5.91 Å². The maximum absolute atomic E-state index is 12.4. The van der Waals surface area contributed by atoms with E-state index in [4.69, 9.17) is 4.74 Å². The summed E-state index contributed by atoms with van der Waals surface area (Å²) < 4.78 is 5.45. The van der Waals surface area contributed by atoms with Gasteiger partial charge in [-0.1, -0.05) is 6.07 Å². The first-order chi connectivity index (χ1) is 10.8. The number of nitrogens with zero attached hydrogens (tertiary/aromatic N) is 1. The van der Waals surface area contributed by atoms with E-state index in [9.17, 15) is 4.79 Å². The van der Waals surface area contributed by atoms with Crippen molar-refractivity contribution in [2.75, 3.05) is 13.2 Å². The lowest BCUT2D eigenvalue weighted by molar-refractivity contribution is -0.0523. The van der Waals surface area contributed by atoms with E-state index in [2.05, 4.69) is 15.5 Å². The van der Waals surface area contributed by atoms with Crippen molar-refractivity contribution in [2.45, 2.75) is 31.7 Å². The predicted octanol–water partition coefficient (Wildman–Crippen LogP) is 2.83. The molecule has 1 unspecified atom stereocenters. The second-order valence-corrected chi connectivity index (χ2v) is 7.13. The van der Waals surface area contributed by atoms with Crippen molar-refractivity contribution in [3.63, 3.8) is 0 Å². The molecule has 0 bridgehead atoms. The monoisotopic (exact) mass is 317 g/mol. The van der Waals surface area contributed by atoms with Crippen LogP contribution < -0.4 is 5.32 Å². The van der Waals surface area contributed by atoms with Crippen molar-refractivity contribution in [2.24, 2.45) is 5.41 Å². The molecule has 1 atom stereocenters. The molecule has 1 saturated carbocycles. The Labute approximate surface area is 133 Å². The molecule has 2 fully saturated rings. The molecule has 1 aliphatic carbocycles. The van der Waals surface area contributed by atoms with Crippen molar-refractivity contribution < 1.29 is 9.53 Å². The summed E-state index contributed by atoms with van der Waals surface area (Å²) in [5.74, 6) is -0.0744. The van der Waals surface area contributed by atoms with E-state index in [-0.39, 0.29) is 17.4 Å². The third-order valence-electron chi connectivity index (χ3n) is 5.06. The number of H-pyrrole nitrogens is 1. The number of thiophene rings is 1. The van der Waals surface area contributed by atoms with Crippen molar-refractivity contribution in [3.8, 4) is 10.6 Å². The minimum Gasteiger partial charge on any atom is -0.381 e. The van der Waals surface area contributed by atoms with Crippen molar-refractivity contribution in [1.29, 1.82) is 0 Å². The largest absolute Gasteiger partial charge is 0.381 e. The van der Waals surface area contributed by atoms with Crippen molar-refractivity contribution in [3.05, 3.63) is 29.3 Å². The van der Waals surface area contributed by atoms with Gasteiger partial charge in [-0.25, -0.2) is 0 Å². The van der Waals surface area contributed by atoms with Gasteiger partial charge in [0.1, 0.15) is 0 Å². The average molecular weight is 317 g/mol. The summed E-state index contributed by atoms with van der Waals surface area (Å²) in [6.45, 7) is 1.63. The van der Waals surface area contributed by atoms with Crippen LogP contribution in [0.4, 0.5) is 0 Å². The fraction of sp³-hybridized carbons (Fsp3) is 0.500. The Morgan fingerprint density at radius 2 is 2.27 bits per heavy atom. The Morgan fingerprint density at radius 1 is 1.41 bits per heavy atom. The molecule has 116 valence electrons. The van der Waals surface area contributed by atoms with Gasteiger partial charge in [-0.2, -0.15) is 5.10 Å². The normalized spacial score (nSPS) is 23.2. The van der Waals surface area contributed by atoms with Crippen LogP contribution in [-0.4, -0.2) is 35.4 Å². The standard InChI is InChI=1S/C16H19N3O2S/c20-15(12-10-11(18-19-12)13-2-1-9-22-13)17-14-3-4-16(14)5-7-21-8-6-16/h1-2,9-10,14H,3-8H2,(H,17,20)(H,18,19). The Kier molecular flexibility index (Phi) is 3.50. The molecule has 1 spiro atoms. The van der Waals surface area contributed by atoms with Gasteiger partial charge in [0.15, 0.2) is 5.69 Å². The van der Waals surface area contributed by atoms with Crippen LogP contribution in [0.3, 0.4) is 0 Å². The number of ether oxygens (including phenoxy) is 1.